The average Bonchev–Trinajstić information content (AvgIpc) is 1.86. The van der Waals surface area contributed by atoms with Crippen LogP contribution in [0.15, 0.2) is 17.3 Å². The van der Waals surface area contributed by atoms with Crippen LogP contribution < -0.4 is 5.84 Å². The molecule has 0 spiro atoms. The minimum absolute atomic E-state index is 0.0826. The summed E-state index contributed by atoms with van der Waals surface area (Å²) in [5.41, 5.74) is 0. The highest BCUT2D eigenvalue weighted by Crippen LogP contribution is 1.99. The van der Waals surface area contributed by atoms with Crippen molar-refractivity contribution in [3.8, 4) is 0 Å². The van der Waals surface area contributed by atoms with Crippen LogP contribution in [0.3, 0.4) is 0 Å². The topological polar surface area (TPSA) is 75.8 Å². The smallest absolute Gasteiger partial charge is 0.192 e. The lowest BCUT2D eigenvalue weighted by Crippen LogP contribution is -2.30. The Bertz CT molecular complexity index is 304. The number of hydrazine groups is 1. The molecule has 0 amide bonds. The average molecular weight is 175 g/mol. The van der Waals surface area contributed by atoms with Gasteiger partial charge in [-0.05, 0) is 6.08 Å². The molecule has 11 heavy (non-hydrogen) atoms. The van der Waals surface area contributed by atoms with Crippen LogP contribution in [0.4, 0.5) is 0 Å². The third kappa shape index (κ3) is 2.02. The van der Waals surface area contributed by atoms with Gasteiger partial charge in [-0.1, -0.05) is 0 Å². The largest absolute Gasteiger partial charge is 0.297 e. The minimum Gasteiger partial charge on any atom is -0.297 e. The summed E-state index contributed by atoms with van der Waals surface area (Å²) >= 11 is 0. The van der Waals surface area contributed by atoms with E-state index in [0.29, 0.717) is 0 Å². The fourth-order valence-corrected chi connectivity index (χ4v) is 1.25. The maximum Gasteiger partial charge on any atom is 0.192 e. The number of sulfone groups is 1. The molecule has 62 valence electrons. The molecular weight excluding hydrogens is 166 g/mol. The summed E-state index contributed by atoms with van der Waals surface area (Å²) in [6, 6.07) is 0. The second-order valence-corrected chi connectivity index (χ2v) is 4.20. The summed E-state index contributed by atoms with van der Waals surface area (Å²) in [4.78, 5) is 3.72. The lowest BCUT2D eigenvalue weighted by molar-refractivity contribution is 0.405. The fraction of sp³-hybridized carbons (Fsp3) is 0.400. The van der Waals surface area contributed by atoms with Gasteiger partial charge in [0.05, 0.1) is 0 Å². The summed E-state index contributed by atoms with van der Waals surface area (Å²) in [5, 5.41) is 1.38. The zero-order chi connectivity index (χ0) is 8.48. The van der Waals surface area contributed by atoms with Crippen molar-refractivity contribution in [3.05, 3.63) is 12.3 Å². The van der Waals surface area contributed by atoms with Gasteiger partial charge in [-0.15, -0.1) is 0 Å². The zero-order valence-electron chi connectivity index (χ0n) is 6.06. The van der Waals surface area contributed by atoms with Crippen LogP contribution in [0.1, 0.15) is 0 Å². The van der Waals surface area contributed by atoms with E-state index in [0.717, 1.165) is 6.26 Å². The molecule has 0 saturated carbocycles. The SMILES string of the molecule is CS(=O)(=O)C1=NCN(N)C=C1. The normalized spacial score (nSPS) is 18.4. The van der Waals surface area contributed by atoms with Crippen LogP contribution >= 0.6 is 0 Å². The molecule has 0 unspecified atom stereocenters. The molecule has 2 N–H and O–H groups in total. The molecule has 0 fully saturated rings. The van der Waals surface area contributed by atoms with Crippen molar-refractivity contribution in [2.75, 3.05) is 12.9 Å². The Kier molecular flexibility index (Phi) is 1.97. The third-order valence-corrected chi connectivity index (χ3v) is 2.20. The first-order chi connectivity index (χ1) is 5.00. The van der Waals surface area contributed by atoms with E-state index in [-0.39, 0.29) is 11.7 Å². The van der Waals surface area contributed by atoms with Gasteiger partial charge in [0.2, 0.25) is 0 Å². The molecule has 6 heteroatoms. The molecule has 0 bridgehead atoms. The van der Waals surface area contributed by atoms with E-state index >= 15 is 0 Å². The summed E-state index contributed by atoms with van der Waals surface area (Å²) in [6.45, 7) is 0.193. The van der Waals surface area contributed by atoms with Crippen molar-refractivity contribution in [1.29, 1.82) is 0 Å². The number of aliphatic imine (C=N–C) groups is 1. The van der Waals surface area contributed by atoms with Gasteiger partial charge in [0, 0.05) is 12.5 Å². The molecular formula is C5H9N3O2S. The molecule has 0 atom stereocenters. The van der Waals surface area contributed by atoms with Gasteiger partial charge >= 0.3 is 0 Å². The van der Waals surface area contributed by atoms with Crippen LogP contribution in [-0.2, 0) is 9.84 Å². The highest BCUT2D eigenvalue weighted by Gasteiger charge is 2.12. The van der Waals surface area contributed by atoms with E-state index in [1.807, 2.05) is 0 Å². The Morgan fingerprint density at radius 1 is 1.73 bits per heavy atom. The molecule has 0 saturated heterocycles. The summed E-state index contributed by atoms with van der Waals surface area (Å²) < 4.78 is 21.7. The maximum absolute atomic E-state index is 10.9. The van der Waals surface area contributed by atoms with E-state index in [1.54, 1.807) is 0 Å². The number of hydrogen-bond acceptors (Lipinski definition) is 5. The van der Waals surface area contributed by atoms with Crippen molar-refractivity contribution in [3.63, 3.8) is 0 Å². The monoisotopic (exact) mass is 175 g/mol. The van der Waals surface area contributed by atoms with Gasteiger partial charge in [0.25, 0.3) is 0 Å². The number of hydrogen-bond donors (Lipinski definition) is 1. The molecule has 0 aliphatic carbocycles. The first-order valence-corrected chi connectivity index (χ1v) is 4.83. The first-order valence-electron chi connectivity index (χ1n) is 2.94. The standard InChI is InChI=1S/C5H9N3O2S/c1-11(9,10)5-2-3-8(6)4-7-5/h2-3H,4,6H2,1H3. The summed E-state index contributed by atoms with van der Waals surface area (Å²) in [7, 11) is -3.17. The quantitative estimate of drug-likeness (QED) is 0.483. The molecule has 0 aromatic carbocycles. The Hall–Kier alpha value is -0.880. The third-order valence-electron chi connectivity index (χ3n) is 1.18. The van der Waals surface area contributed by atoms with Crippen LogP contribution in [0, 0.1) is 0 Å². The van der Waals surface area contributed by atoms with E-state index < -0.39 is 9.84 Å². The van der Waals surface area contributed by atoms with Crippen LogP contribution in [0.5, 0.6) is 0 Å². The van der Waals surface area contributed by atoms with Gasteiger partial charge < -0.3 is 0 Å². The van der Waals surface area contributed by atoms with Crippen LogP contribution in [0.2, 0.25) is 0 Å². The van der Waals surface area contributed by atoms with E-state index in [2.05, 4.69) is 4.99 Å². The number of rotatable bonds is 0. The molecule has 1 aliphatic rings. The lowest BCUT2D eigenvalue weighted by Gasteiger charge is -2.14. The molecule has 1 rings (SSSR count). The van der Waals surface area contributed by atoms with Gasteiger partial charge in [0.1, 0.15) is 6.67 Å². The molecule has 0 aromatic heterocycles. The molecule has 0 radical (unpaired) electrons. The van der Waals surface area contributed by atoms with E-state index in [1.165, 1.54) is 17.3 Å². The molecule has 1 heterocycles. The first kappa shape index (κ1) is 8.22. The number of nitrogens with two attached hydrogens (primary N) is 1. The second-order valence-electron chi connectivity index (χ2n) is 2.24. The summed E-state index contributed by atoms with van der Waals surface area (Å²) in [6.07, 6.45) is 3.96. The van der Waals surface area contributed by atoms with Crippen molar-refractivity contribution < 1.29 is 8.42 Å². The van der Waals surface area contributed by atoms with Crippen molar-refractivity contribution >= 4 is 14.9 Å². The Morgan fingerprint density at radius 3 is 2.73 bits per heavy atom. The van der Waals surface area contributed by atoms with Crippen LogP contribution in [0.25, 0.3) is 0 Å². The van der Waals surface area contributed by atoms with E-state index in [4.69, 9.17) is 5.84 Å². The van der Waals surface area contributed by atoms with Crippen molar-refractivity contribution in [2.45, 2.75) is 0 Å². The zero-order valence-corrected chi connectivity index (χ0v) is 6.87. The summed E-state index contributed by atoms with van der Waals surface area (Å²) in [5.74, 6) is 5.28. The highest BCUT2D eigenvalue weighted by molar-refractivity contribution is 8.06. The predicted octanol–water partition coefficient (Wildman–Crippen LogP) is -0.910. The van der Waals surface area contributed by atoms with Crippen molar-refractivity contribution in [2.24, 2.45) is 10.8 Å². The molecule has 5 nitrogen and oxygen atoms in total. The Morgan fingerprint density at radius 2 is 2.36 bits per heavy atom. The highest BCUT2D eigenvalue weighted by atomic mass is 32.2. The van der Waals surface area contributed by atoms with Gasteiger partial charge in [0.15, 0.2) is 14.9 Å². The van der Waals surface area contributed by atoms with Crippen molar-refractivity contribution in [1.82, 2.24) is 5.01 Å². The predicted molar refractivity (Wildman–Crippen MR) is 42.3 cm³/mol. The maximum atomic E-state index is 10.9. The molecule has 1 aliphatic heterocycles. The minimum atomic E-state index is -3.17. The number of nitrogens with zero attached hydrogens (tertiary/aromatic N) is 2. The Labute approximate surface area is 65.1 Å². The fourth-order valence-electron chi connectivity index (χ4n) is 0.652. The van der Waals surface area contributed by atoms with Gasteiger partial charge in [-0.3, -0.25) is 10.0 Å². The van der Waals surface area contributed by atoms with E-state index in [9.17, 15) is 8.42 Å². The second kappa shape index (κ2) is 2.63. The molecule has 0 aromatic rings. The van der Waals surface area contributed by atoms with Crippen LogP contribution in [-0.4, -0.2) is 31.4 Å². The van der Waals surface area contributed by atoms with Gasteiger partial charge in [-0.2, -0.15) is 0 Å². The lowest BCUT2D eigenvalue weighted by atomic mass is 10.6. The Balaban J connectivity index is 2.89. The van der Waals surface area contributed by atoms with Gasteiger partial charge in [-0.25, -0.2) is 14.3 Å².